The number of nitrogens with one attached hydrogen (secondary N) is 1. The largest absolute Gasteiger partial charge is 0.348 e. The molecule has 22 heavy (non-hydrogen) atoms. The van der Waals surface area contributed by atoms with Gasteiger partial charge in [-0.2, -0.15) is 0 Å². The van der Waals surface area contributed by atoms with Gasteiger partial charge in [0.1, 0.15) is 11.5 Å². The number of unbranched alkanes of at least 4 members (excludes halogenated alkanes) is 1. The summed E-state index contributed by atoms with van der Waals surface area (Å²) in [6.07, 6.45) is 3.69. The fourth-order valence-electron chi connectivity index (χ4n) is 2.53. The van der Waals surface area contributed by atoms with Gasteiger partial charge in [-0.1, -0.05) is 19.4 Å². The number of rotatable bonds is 5. The number of benzene rings is 1. The Hall–Kier alpha value is -2.17. The molecule has 1 N–H and O–H groups in total. The van der Waals surface area contributed by atoms with Gasteiger partial charge >= 0.3 is 0 Å². The molecular formula is C17H19FN2O2. The molecule has 116 valence electrons. The van der Waals surface area contributed by atoms with Gasteiger partial charge in [0, 0.05) is 12.6 Å². The molecule has 0 bridgehead atoms. The van der Waals surface area contributed by atoms with Crippen molar-refractivity contribution in [1.82, 2.24) is 9.88 Å². The smallest absolute Gasteiger partial charge is 0.268 e. The van der Waals surface area contributed by atoms with Gasteiger partial charge in [0.05, 0.1) is 5.39 Å². The first-order chi connectivity index (χ1) is 10.6. The van der Waals surface area contributed by atoms with Gasteiger partial charge in [0.25, 0.3) is 11.5 Å². The number of hydrogen-bond donors (Lipinski definition) is 1. The van der Waals surface area contributed by atoms with Crippen molar-refractivity contribution >= 4 is 16.7 Å². The first-order valence-corrected chi connectivity index (χ1v) is 7.74. The van der Waals surface area contributed by atoms with Gasteiger partial charge in [-0.25, -0.2) is 4.39 Å². The van der Waals surface area contributed by atoms with Crippen LogP contribution in [0.5, 0.6) is 0 Å². The number of carbonyl (C=O) groups is 1. The maximum absolute atomic E-state index is 13.4. The molecule has 0 aliphatic heterocycles. The van der Waals surface area contributed by atoms with Crippen LogP contribution in [-0.2, 0) is 6.54 Å². The third kappa shape index (κ3) is 2.89. The van der Waals surface area contributed by atoms with E-state index in [1.807, 2.05) is 6.92 Å². The average Bonchev–Trinajstić information content (AvgIpc) is 3.30. The van der Waals surface area contributed by atoms with Gasteiger partial charge in [0.15, 0.2) is 0 Å². The van der Waals surface area contributed by atoms with E-state index in [0.29, 0.717) is 23.0 Å². The van der Waals surface area contributed by atoms with Crippen molar-refractivity contribution in [2.24, 2.45) is 0 Å². The quantitative estimate of drug-likeness (QED) is 0.923. The Morgan fingerprint density at radius 2 is 2.14 bits per heavy atom. The Morgan fingerprint density at radius 1 is 1.36 bits per heavy atom. The summed E-state index contributed by atoms with van der Waals surface area (Å²) < 4.78 is 14.9. The van der Waals surface area contributed by atoms with E-state index in [1.165, 1.54) is 16.7 Å². The molecule has 0 radical (unpaired) electrons. The summed E-state index contributed by atoms with van der Waals surface area (Å²) in [7, 11) is 0. The number of nitrogens with zero attached hydrogens (tertiary/aromatic N) is 1. The Labute approximate surface area is 127 Å². The van der Waals surface area contributed by atoms with Crippen LogP contribution in [0.1, 0.15) is 43.1 Å². The van der Waals surface area contributed by atoms with Crippen molar-refractivity contribution < 1.29 is 9.18 Å². The molecule has 1 aromatic heterocycles. The van der Waals surface area contributed by atoms with Crippen LogP contribution in [0.3, 0.4) is 0 Å². The normalized spacial score (nSPS) is 14.3. The summed E-state index contributed by atoms with van der Waals surface area (Å²) in [5, 5.41) is 3.83. The Bertz CT molecular complexity index is 778. The fraction of sp³-hybridized carbons (Fsp3) is 0.412. The number of halogens is 1. The van der Waals surface area contributed by atoms with Crippen molar-refractivity contribution in [3.63, 3.8) is 0 Å². The SMILES string of the molecule is CCCCn1c(C(=O)NC2CC2)cc2ccc(F)cc2c1=O. The molecule has 1 fully saturated rings. The topological polar surface area (TPSA) is 51.1 Å². The molecule has 1 aromatic carbocycles. The predicted octanol–water partition coefficient (Wildman–Crippen LogP) is 2.83. The number of hydrogen-bond acceptors (Lipinski definition) is 2. The molecule has 5 heteroatoms. The number of fused-ring (bicyclic) bond motifs is 1. The second-order valence-corrected chi connectivity index (χ2v) is 5.82. The molecule has 0 unspecified atom stereocenters. The van der Waals surface area contributed by atoms with Gasteiger partial charge < -0.3 is 9.88 Å². The molecule has 1 aliphatic rings. The van der Waals surface area contributed by atoms with E-state index in [0.717, 1.165) is 25.7 Å². The number of amides is 1. The molecular weight excluding hydrogens is 283 g/mol. The molecule has 1 saturated carbocycles. The molecule has 1 heterocycles. The molecule has 4 nitrogen and oxygen atoms in total. The van der Waals surface area contributed by atoms with Gasteiger partial charge in [-0.15, -0.1) is 0 Å². The Morgan fingerprint density at radius 3 is 2.82 bits per heavy atom. The number of aromatic nitrogens is 1. The maximum Gasteiger partial charge on any atom is 0.268 e. The molecule has 1 amide bonds. The molecule has 0 atom stereocenters. The minimum Gasteiger partial charge on any atom is -0.348 e. The molecule has 1 aliphatic carbocycles. The molecule has 0 saturated heterocycles. The summed E-state index contributed by atoms with van der Waals surface area (Å²) in [4.78, 5) is 25.0. The fourth-order valence-corrected chi connectivity index (χ4v) is 2.53. The van der Waals surface area contributed by atoms with E-state index >= 15 is 0 Å². The summed E-state index contributed by atoms with van der Waals surface area (Å²) in [6.45, 7) is 2.49. The summed E-state index contributed by atoms with van der Waals surface area (Å²) >= 11 is 0. The van der Waals surface area contributed by atoms with Crippen LogP contribution in [0.25, 0.3) is 10.8 Å². The van der Waals surface area contributed by atoms with E-state index in [1.54, 1.807) is 12.1 Å². The first-order valence-electron chi connectivity index (χ1n) is 7.74. The van der Waals surface area contributed by atoms with Crippen LogP contribution in [-0.4, -0.2) is 16.5 Å². The molecule has 0 spiro atoms. The van der Waals surface area contributed by atoms with E-state index in [4.69, 9.17) is 0 Å². The van der Waals surface area contributed by atoms with Gasteiger partial charge in [-0.3, -0.25) is 9.59 Å². The zero-order valence-electron chi connectivity index (χ0n) is 12.6. The van der Waals surface area contributed by atoms with Crippen molar-refractivity contribution in [2.75, 3.05) is 0 Å². The van der Waals surface area contributed by atoms with Crippen molar-refractivity contribution in [2.45, 2.75) is 45.2 Å². The van der Waals surface area contributed by atoms with Crippen LogP contribution in [0.15, 0.2) is 29.1 Å². The second kappa shape index (κ2) is 5.91. The van der Waals surface area contributed by atoms with Crippen LogP contribution in [0.2, 0.25) is 0 Å². The summed E-state index contributed by atoms with van der Waals surface area (Å²) in [5.74, 6) is -0.663. The van der Waals surface area contributed by atoms with E-state index in [9.17, 15) is 14.0 Å². The number of pyridine rings is 1. The maximum atomic E-state index is 13.4. The lowest BCUT2D eigenvalue weighted by molar-refractivity contribution is 0.0940. The van der Waals surface area contributed by atoms with Crippen molar-refractivity contribution in [3.8, 4) is 0 Å². The Kier molecular flexibility index (Phi) is 3.96. The van der Waals surface area contributed by atoms with E-state index in [2.05, 4.69) is 5.32 Å². The third-order valence-corrected chi connectivity index (χ3v) is 3.95. The van der Waals surface area contributed by atoms with Crippen LogP contribution in [0, 0.1) is 5.82 Å². The van der Waals surface area contributed by atoms with Crippen molar-refractivity contribution in [1.29, 1.82) is 0 Å². The zero-order chi connectivity index (χ0) is 15.7. The highest BCUT2D eigenvalue weighted by atomic mass is 19.1. The monoisotopic (exact) mass is 302 g/mol. The summed E-state index contributed by atoms with van der Waals surface area (Å²) in [6, 6.07) is 6.00. The lowest BCUT2D eigenvalue weighted by atomic mass is 10.1. The van der Waals surface area contributed by atoms with E-state index < -0.39 is 5.82 Å². The molecule has 3 rings (SSSR count). The standard InChI is InChI=1S/C17H19FN2O2/c1-2-3-8-20-15(16(21)19-13-6-7-13)9-11-4-5-12(18)10-14(11)17(20)22/h4-5,9-10,13H,2-3,6-8H2,1H3,(H,19,21). The summed E-state index contributed by atoms with van der Waals surface area (Å²) in [5.41, 5.74) is 0.0656. The number of carbonyl (C=O) groups excluding carboxylic acids is 1. The minimum atomic E-state index is -0.443. The first kappa shape index (κ1) is 14.8. The lowest BCUT2D eigenvalue weighted by Gasteiger charge is -2.14. The van der Waals surface area contributed by atoms with Crippen molar-refractivity contribution in [3.05, 3.63) is 46.1 Å². The minimum absolute atomic E-state index is 0.220. The lowest BCUT2D eigenvalue weighted by Crippen LogP contribution is -2.33. The highest BCUT2D eigenvalue weighted by Crippen LogP contribution is 2.20. The van der Waals surface area contributed by atoms with Crippen LogP contribution >= 0.6 is 0 Å². The van der Waals surface area contributed by atoms with Gasteiger partial charge in [-0.05, 0) is 42.8 Å². The third-order valence-electron chi connectivity index (χ3n) is 3.95. The highest BCUT2D eigenvalue weighted by Gasteiger charge is 2.25. The van der Waals surface area contributed by atoms with Crippen LogP contribution in [0.4, 0.5) is 4.39 Å². The average molecular weight is 302 g/mol. The van der Waals surface area contributed by atoms with E-state index in [-0.39, 0.29) is 17.5 Å². The predicted molar refractivity (Wildman–Crippen MR) is 83.6 cm³/mol. The highest BCUT2D eigenvalue weighted by molar-refractivity contribution is 5.97. The molecule has 2 aromatic rings. The van der Waals surface area contributed by atoms with Gasteiger partial charge in [0.2, 0.25) is 0 Å². The van der Waals surface area contributed by atoms with Crippen LogP contribution < -0.4 is 10.9 Å². The Balaban J connectivity index is 2.12. The second-order valence-electron chi connectivity index (χ2n) is 5.82. The zero-order valence-corrected chi connectivity index (χ0v) is 12.6.